The van der Waals surface area contributed by atoms with Gasteiger partial charge in [0.15, 0.2) is 17.5 Å². The van der Waals surface area contributed by atoms with E-state index in [1.54, 1.807) is 0 Å². The Morgan fingerprint density at radius 1 is 0.260 bits per heavy atom. The molecule has 50 heavy (non-hydrogen) atoms. The minimum atomic E-state index is 0.597. The highest BCUT2D eigenvalue weighted by molar-refractivity contribution is 6.13. The molecular formula is C46H30N4. The molecule has 9 rings (SSSR count). The van der Waals surface area contributed by atoms with Crippen molar-refractivity contribution in [3.8, 4) is 67.8 Å². The van der Waals surface area contributed by atoms with E-state index in [0.717, 1.165) is 44.8 Å². The fraction of sp³-hybridized carbons (Fsp3) is 0. The molecule has 234 valence electrons. The van der Waals surface area contributed by atoms with E-state index in [0.29, 0.717) is 17.5 Å². The predicted octanol–water partition coefficient (Wildman–Crippen LogP) is 11.6. The van der Waals surface area contributed by atoms with Crippen molar-refractivity contribution in [2.45, 2.75) is 0 Å². The quantitative estimate of drug-likeness (QED) is 0.170. The topological polar surface area (TPSA) is 51.6 Å². The largest absolute Gasteiger partial charge is 0.248 e. The van der Waals surface area contributed by atoms with E-state index in [2.05, 4.69) is 133 Å². The highest BCUT2D eigenvalue weighted by Crippen LogP contribution is 2.37. The Balaban J connectivity index is 1.18. The van der Waals surface area contributed by atoms with Crippen LogP contribution in [0.4, 0.5) is 0 Å². The van der Waals surface area contributed by atoms with Gasteiger partial charge in [0.05, 0.1) is 11.4 Å². The van der Waals surface area contributed by atoms with Crippen LogP contribution < -0.4 is 0 Å². The van der Waals surface area contributed by atoms with E-state index >= 15 is 0 Å². The van der Waals surface area contributed by atoms with Crippen LogP contribution in [0.25, 0.3) is 89.4 Å². The Morgan fingerprint density at radius 3 is 1.46 bits per heavy atom. The van der Waals surface area contributed by atoms with Crippen LogP contribution in [0.5, 0.6) is 0 Å². The normalized spacial score (nSPS) is 11.2. The molecule has 0 spiro atoms. The van der Waals surface area contributed by atoms with Crippen molar-refractivity contribution in [3.63, 3.8) is 0 Å². The molecule has 0 saturated heterocycles. The van der Waals surface area contributed by atoms with Crippen LogP contribution in [-0.4, -0.2) is 19.9 Å². The summed E-state index contributed by atoms with van der Waals surface area (Å²) in [4.78, 5) is 20.4. The molecule has 0 amide bonds. The van der Waals surface area contributed by atoms with Gasteiger partial charge in [-0.15, -0.1) is 0 Å². The Kier molecular flexibility index (Phi) is 7.45. The molecule has 7 aromatic carbocycles. The maximum Gasteiger partial charge on any atom is 0.164 e. The number of hydrogen-bond acceptors (Lipinski definition) is 4. The first kappa shape index (κ1) is 29.4. The summed E-state index contributed by atoms with van der Waals surface area (Å²) in [6.07, 6.45) is 0. The fourth-order valence-corrected chi connectivity index (χ4v) is 6.69. The first-order valence-corrected chi connectivity index (χ1v) is 16.7. The molecule has 0 aliphatic rings. The zero-order valence-corrected chi connectivity index (χ0v) is 27.1. The van der Waals surface area contributed by atoms with Gasteiger partial charge in [-0.2, -0.15) is 0 Å². The van der Waals surface area contributed by atoms with E-state index in [1.807, 2.05) is 48.5 Å². The van der Waals surface area contributed by atoms with Gasteiger partial charge >= 0.3 is 0 Å². The average Bonchev–Trinajstić information content (AvgIpc) is 3.21. The van der Waals surface area contributed by atoms with E-state index in [1.165, 1.54) is 27.1 Å². The molecule has 0 saturated carbocycles. The first-order chi connectivity index (χ1) is 24.8. The molecule has 0 bridgehead atoms. The monoisotopic (exact) mass is 638 g/mol. The molecule has 0 radical (unpaired) electrons. The minimum Gasteiger partial charge on any atom is -0.248 e. The number of fused-ring (bicyclic) bond motifs is 3. The third-order valence-electron chi connectivity index (χ3n) is 9.15. The molecule has 0 N–H and O–H groups in total. The smallest absolute Gasteiger partial charge is 0.164 e. The molecule has 0 aliphatic heterocycles. The second kappa shape index (κ2) is 12.7. The number of aromatic nitrogens is 4. The van der Waals surface area contributed by atoms with Crippen molar-refractivity contribution in [2.24, 2.45) is 0 Å². The van der Waals surface area contributed by atoms with Crippen LogP contribution in [0, 0.1) is 0 Å². The van der Waals surface area contributed by atoms with Crippen molar-refractivity contribution >= 4 is 21.5 Å². The van der Waals surface area contributed by atoms with Crippen molar-refractivity contribution < 1.29 is 0 Å². The summed E-state index contributed by atoms with van der Waals surface area (Å²) in [7, 11) is 0. The molecule has 0 aliphatic carbocycles. The molecular weight excluding hydrogens is 609 g/mol. The van der Waals surface area contributed by atoms with E-state index in [-0.39, 0.29) is 0 Å². The molecule has 2 aromatic heterocycles. The zero-order valence-electron chi connectivity index (χ0n) is 27.1. The molecule has 4 heteroatoms. The van der Waals surface area contributed by atoms with Gasteiger partial charge < -0.3 is 0 Å². The molecule has 2 heterocycles. The summed E-state index contributed by atoms with van der Waals surface area (Å²) in [6.45, 7) is 0. The number of rotatable bonds is 6. The molecule has 4 nitrogen and oxygen atoms in total. The van der Waals surface area contributed by atoms with Crippen LogP contribution >= 0.6 is 0 Å². The SMILES string of the molecule is c1ccc(-c2ccc(-c3nc(-c4ccccc4)nc(-c4ccccc4-c4cccc(-c5cc6ccccc6c6ccccc56)n4)n3)cc2)cc1. The summed E-state index contributed by atoms with van der Waals surface area (Å²) in [5.74, 6) is 1.84. The molecule has 0 atom stereocenters. The van der Waals surface area contributed by atoms with Crippen LogP contribution in [-0.2, 0) is 0 Å². The lowest BCUT2D eigenvalue weighted by Crippen LogP contribution is -2.01. The van der Waals surface area contributed by atoms with Crippen molar-refractivity contribution in [2.75, 3.05) is 0 Å². The van der Waals surface area contributed by atoms with Crippen LogP contribution in [0.3, 0.4) is 0 Å². The summed E-state index contributed by atoms with van der Waals surface area (Å²) in [5.41, 5.74) is 8.88. The number of benzene rings is 7. The maximum absolute atomic E-state index is 5.28. The zero-order chi connectivity index (χ0) is 33.3. The predicted molar refractivity (Wildman–Crippen MR) is 205 cm³/mol. The van der Waals surface area contributed by atoms with Crippen LogP contribution in [0.1, 0.15) is 0 Å². The summed E-state index contributed by atoms with van der Waals surface area (Å²) >= 11 is 0. The third-order valence-corrected chi connectivity index (χ3v) is 9.15. The molecule has 9 aromatic rings. The van der Waals surface area contributed by atoms with E-state index in [4.69, 9.17) is 19.9 Å². The number of hydrogen-bond donors (Lipinski definition) is 0. The van der Waals surface area contributed by atoms with Crippen molar-refractivity contribution in [1.29, 1.82) is 0 Å². The van der Waals surface area contributed by atoms with Crippen molar-refractivity contribution in [1.82, 2.24) is 19.9 Å². The van der Waals surface area contributed by atoms with Gasteiger partial charge in [0.2, 0.25) is 0 Å². The van der Waals surface area contributed by atoms with Gasteiger partial charge in [-0.3, -0.25) is 0 Å². The van der Waals surface area contributed by atoms with Crippen LogP contribution in [0.15, 0.2) is 182 Å². The lowest BCUT2D eigenvalue weighted by Gasteiger charge is -2.14. The Hall–Kier alpha value is -6.78. The van der Waals surface area contributed by atoms with Gasteiger partial charge in [-0.05, 0) is 50.9 Å². The van der Waals surface area contributed by atoms with Gasteiger partial charge in [-0.25, -0.2) is 19.9 Å². The molecule has 0 unspecified atom stereocenters. The summed E-state index contributed by atoms with van der Waals surface area (Å²) in [5, 5.41) is 4.83. The minimum absolute atomic E-state index is 0.597. The average molecular weight is 639 g/mol. The van der Waals surface area contributed by atoms with Crippen LogP contribution in [0.2, 0.25) is 0 Å². The Morgan fingerprint density at radius 2 is 0.740 bits per heavy atom. The summed E-state index contributed by atoms with van der Waals surface area (Å²) < 4.78 is 0. The highest BCUT2D eigenvalue weighted by atomic mass is 15.0. The maximum atomic E-state index is 5.28. The van der Waals surface area contributed by atoms with Gasteiger partial charge in [0, 0.05) is 27.8 Å². The van der Waals surface area contributed by atoms with Crippen molar-refractivity contribution in [3.05, 3.63) is 182 Å². The lowest BCUT2D eigenvalue weighted by molar-refractivity contribution is 1.07. The summed E-state index contributed by atoms with van der Waals surface area (Å²) in [6, 6.07) is 62.7. The lowest BCUT2D eigenvalue weighted by atomic mass is 9.95. The van der Waals surface area contributed by atoms with Gasteiger partial charge in [0.1, 0.15) is 0 Å². The number of nitrogens with zero attached hydrogens (tertiary/aromatic N) is 4. The Labute approximate surface area is 290 Å². The standard InChI is InChI=1S/C46H30N4/c1-3-14-31(15-4-1)32-26-28-34(29-27-32)45-48-44(33-16-5-2-6-17-33)49-46(50-45)40-23-12-11-22-39(40)42-24-13-25-43(47-42)41-30-35-18-7-8-19-36(35)37-20-9-10-21-38(37)41/h1-30H. The van der Waals surface area contributed by atoms with E-state index < -0.39 is 0 Å². The third kappa shape index (κ3) is 5.49. The van der Waals surface area contributed by atoms with Gasteiger partial charge in [-0.1, -0.05) is 164 Å². The van der Waals surface area contributed by atoms with E-state index in [9.17, 15) is 0 Å². The second-order valence-corrected chi connectivity index (χ2v) is 12.3. The van der Waals surface area contributed by atoms with Gasteiger partial charge in [0.25, 0.3) is 0 Å². The molecule has 0 fully saturated rings. The second-order valence-electron chi connectivity index (χ2n) is 12.3. The first-order valence-electron chi connectivity index (χ1n) is 16.7. The Bertz CT molecular complexity index is 2630. The fourth-order valence-electron chi connectivity index (χ4n) is 6.69. The highest BCUT2D eigenvalue weighted by Gasteiger charge is 2.17. The number of pyridine rings is 1.